The molecule has 0 spiro atoms. The highest BCUT2D eigenvalue weighted by Crippen LogP contribution is 1.99. The van der Waals surface area contributed by atoms with Gasteiger partial charge in [-0.05, 0) is 6.08 Å². The molecule has 0 saturated heterocycles. The van der Waals surface area contributed by atoms with Gasteiger partial charge in [-0.25, -0.2) is 0 Å². The standard InChI is InChI=1S/C5H8O4/c6-4-2-1-3-5(7,8)9/h1-2,4,7-9H,3H2. The molecule has 0 bridgehead atoms. The third-order valence-corrected chi connectivity index (χ3v) is 0.606. The fourth-order valence-electron chi connectivity index (χ4n) is 0.282. The van der Waals surface area contributed by atoms with Gasteiger partial charge in [0.25, 0.3) is 5.97 Å². The zero-order valence-corrected chi connectivity index (χ0v) is 4.69. The monoisotopic (exact) mass is 132 g/mol. The van der Waals surface area contributed by atoms with Crippen molar-refractivity contribution in [2.75, 3.05) is 0 Å². The Hall–Kier alpha value is -0.710. The van der Waals surface area contributed by atoms with Crippen LogP contribution in [0.25, 0.3) is 0 Å². The topological polar surface area (TPSA) is 77.8 Å². The van der Waals surface area contributed by atoms with Crippen molar-refractivity contribution in [2.24, 2.45) is 0 Å². The molecule has 9 heavy (non-hydrogen) atoms. The highest BCUT2D eigenvalue weighted by Gasteiger charge is 2.14. The summed E-state index contributed by atoms with van der Waals surface area (Å²) < 4.78 is 0. The zero-order chi connectivity index (χ0) is 7.33. The Kier molecular flexibility index (Phi) is 3.08. The van der Waals surface area contributed by atoms with E-state index in [1.807, 2.05) is 0 Å². The van der Waals surface area contributed by atoms with Crippen LogP contribution in [0.3, 0.4) is 0 Å². The number of carbonyl (C=O) groups excluding carboxylic acids is 1. The molecular formula is C5H8O4. The fraction of sp³-hybridized carbons (Fsp3) is 0.400. The van der Waals surface area contributed by atoms with Crippen LogP contribution in [-0.4, -0.2) is 27.6 Å². The van der Waals surface area contributed by atoms with Crippen molar-refractivity contribution in [1.29, 1.82) is 0 Å². The second kappa shape index (κ2) is 3.34. The first-order chi connectivity index (χ1) is 4.06. The Morgan fingerprint density at radius 2 is 1.89 bits per heavy atom. The third-order valence-electron chi connectivity index (χ3n) is 0.606. The van der Waals surface area contributed by atoms with Crippen LogP contribution in [0.15, 0.2) is 12.2 Å². The molecule has 0 saturated carbocycles. The summed E-state index contributed by atoms with van der Waals surface area (Å²) in [6.07, 6.45) is 2.32. The van der Waals surface area contributed by atoms with E-state index in [-0.39, 0.29) is 6.42 Å². The molecule has 0 amide bonds. The number of rotatable bonds is 3. The average Bonchev–Trinajstić information content (AvgIpc) is 1.63. The minimum absolute atomic E-state index is 0.369. The Morgan fingerprint density at radius 3 is 2.22 bits per heavy atom. The zero-order valence-electron chi connectivity index (χ0n) is 4.69. The van der Waals surface area contributed by atoms with Crippen LogP contribution in [0.4, 0.5) is 0 Å². The Morgan fingerprint density at radius 1 is 1.33 bits per heavy atom. The molecule has 52 valence electrons. The van der Waals surface area contributed by atoms with Gasteiger partial charge in [0.1, 0.15) is 6.29 Å². The third kappa shape index (κ3) is 7.29. The summed E-state index contributed by atoms with van der Waals surface area (Å²) in [6.45, 7) is 0. The van der Waals surface area contributed by atoms with Gasteiger partial charge in [-0.3, -0.25) is 4.79 Å². The van der Waals surface area contributed by atoms with Gasteiger partial charge in [-0.2, -0.15) is 0 Å². The average molecular weight is 132 g/mol. The summed E-state index contributed by atoms with van der Waals surface area (Å²) in [5, 5.41) is 24.6. The van der Waals surface area contributed by atoms with Crippen LogP contribution in [0.5, 0.6) is 0 Å². The first-order valence-corrected chi connectivity index (χ1v) is 2.33. The van der Waals surface area contributed by atoms with Gasteiger partial charge >= 0.3 is 0 Å². The summed E-state index contributed by atoms with van der Waals surface area (Å²) >= 11 is 0. The van der Waals surface area contributed by atoms with E-state index >= 15 is 0 Å². The minimum atomic E-state index is -2.69. The predicted molar refractivity (Wildman–Crippen MR) is 29.2 cm³/mol. The molecule has 0 aromatic carbocycles. The molecule has 0 fully saturated rings. The van der Waals surface area contributed by atoms with Gasteiger partial charge in [-0.1, -0.05) is 6.08 Å². The van der Waals surface area contributed by atoms with Gasteiger partial charge in [-0.15, -0.1) is 0 Å². The SMILES string of the molecule is O=CC=CCC(O)(O)O. The highest BCUT2D eigenvalue weighted by atomic mass is 16.7. The molecule has 0 aromatic heterocycles. The molecule has 0 radical (unpaired) electrons. The molecule has 0 aliphatic heterocycles. The van der Waals surface area contributed by atoms with Crippen molar-refractivity contribution in [2.45, 2.75) is 12.4 Å². The van der Waals surface area contributed by atoms with Crippen molar-refractivity contribution in [3.63, 3.8) is 0 Å². The van der Waals surface area contributed by atoms with E-state index in [1.54, 1.807) is 0 Å². The molecule has 3 N–H and O–H groups in total. The second-order valence-electron chi connectivity index (χ2n) is 1.54. The van der Waals surface area contributed by atoms with Crippen molar-refractivity contribution in [1.82, 2.24) is 0 Å². The normalized spacial score (nSPS) is 12.3. The van der Waals surface area contributed by atoms with Crippen molar-refractivity contribution in [3.8, 4) is 0 Å². The van der Waals surface area contributed by atoms with Gasteiger partial charge < -0.3 is 15.3 Å². The van der Waals surface area contributed by atoms with E-state index in [0.717, 1.165) is 12.2 Å². The Labute approximate surface area is 52.1 Å². The maximum atomic E-state index is 9.56. The van der Waals surface area contributed by atoms with Crippen LogP contribution in [-0.2, 0) is 4.79 Å². The van der Waals surface area contributed by atoms with E-state index in [4.69, 9.17) is 15.3 Å². The van der Waals surface area contributed by atoms with Crippen molar-refractivity contribution >= 4 is 6.29 Å². The molecule has 4 heteroatoms. The molecule has 0 heterocycles. The van der Waals surface area contributed by atoms with Gasteiger partial charge in [0.2, 0.25) is 0 Å². The quantitative estimate of drug-likeness (QED) is 0.255. The number of hydrogen-bond donors (Lipinski definition) is 3. The highest BCUT2D eigenvalue weighted by molar-refractivity contribution is 5.64. The second-order valence-corrected chi connectivity index (χ2v) is 1.54. The molecule has 0 atom stereocenters. The minimum Gasteiger partial charge on any atom is -0.343 e. The molecular weight excluding hydrogens is 124 g/mol. The molecule has 0 aliphatic rings. The van der Waals surface area contributed by atoms with Crippen molar-refractivity contribution in [3.05, 3.63) is 12.2 Å². The van der Waals surface area contributed by atoms with Gasteiger partial charge in [0.05, 0.1) is 0 Å². The molecule has 0 rings (SSSR count). The summed E-state index contributed by atoms with van der Waals surface area (Å²) in [5.41, 5.74) is 0. The van der Waals surface area contributed by atoms with Crippen LogP contribution >= 0.6 is 0 Å². The summed E-state index contributed by atoms with van der Waals surface area (Å²) in [6, 6.07) is 0. The number of aliphatic hydroxyl groups is 3. The molecule has 0 aromatic rings. The lowest BCUT2D eigenvalue weighted by molar-refractivity contribution is -0.308. The van der Waals surface area contributed by atoms with Crippen molar-refractivity contribution < 1.29 is 20.1 Å². The van der Waals surface area contributed by atoms with E-state index < -0.39 is 5.97 Å². The fourth-order valence-corrected chi connectivity index (χ4v) is 0.282. The summed E-state index contributed by atoms with van der Waals surface area (Å²) in [7, 11) is 0. The lowest BCUT2D eigenvalue weighted by Crippen LogP contribution is -2.25. The Balaban J connectivity index is 3.50. The number of hydrogen-bond acceptors (Lipinski definition) is 4. The maximum Gasteiger partial charge on any atom is 0.278 e. The lowest BCUT2D eigenvalue weighted by Gasteiger charge is -2.09. The number of carbonyl (C=O) groups is 1. The molecule has 0 aliphatic carbocycles. The predicted octanol–water partition coefficient (Wildman–Crippen LogP) is -1.24. The Bertz CT molecular complexity index is 111. The van der Waals surface area contributed by atoms with Gasteiger partial charge in [0.15, 0.2) is 0 Å². The maximum absolute atomic E-state index is 9.56. The molecule has 0 unspecified atom stereocenters. The van der Waals surface area contributed by atoms with E-state index in [9.17, 15) is 4.79 Å². The summed E-state index contributed by atoms with van der Waals surface area (Å²) in [5.74, 6) is -2.69. The first-order valence-electron chi connectivity index (χ1n) is 2.33. The van der Waals surface area contributed by atoms with Crippen LogP contribution in [0.1, 0.15) is 6.42 Å². The van der Waals surface area contributed by atoms with Gasteiger partial charge in [0, 0.05) is 6.42 Å². The number of aldehydes is 1. The summed E-state index contributed by atoms with van der Waals surface area (Å²) in [4.78, 5) is 9.56. The van der Waals surface area contributed by atoms with Crippen LogP contribution in [0.2, 0.25) is 0 Å². The smallest absolute Gasteiger partial charge is 0.278 e. The van der Waals surface area contributed by atoms with E-state index in [1.165, 1.54) is 0 Å². The lowest BCUT2D eigenvalue weighted by atomic mass is 10.3. The molecule has 4 nitrogen and oxygen atoms in total. The van der Waals surface area contributed by atoms with Crippen LogP contribution < -0.4 is 0 Å². The first kappa shape index (κ1) is 8.29. The largest absolute Gasteiger partial charge is 0.343 e. The van der Waals surface area contributed by atoms with E-state index in [0.29, 0.717) is 6.29 Å². The van der Waals surface area contributed by atoms with E-state index in [2.05, 4.69) is 0 Å². The number of allylic oxidation sites excluding steroid dienone is 1. The van der Waals surface area contributed by atoms with Crippen LogP contribution in [0, 0.1) is 0 Å².